The maximum Gasteiger partial charge on any atom is 0.337 e. The van der Waals surface area contributed by atoms with Crippen LogP contribution in [0.25, 0.3) is 11.3 Å². The number of anilines is 1. The lowest BCUT2D eigenvalue weighted by Crippen LogP contribution is -2.25. The Kier molecular flexibility index (Phi) is 7.25. The second-order valence-corrected chi connectivity index (χ2v) is 8.19. The molecule has 3 rings (SSSR count). The summed E-state index contributed by atoms with van der Waals surface area (Å²) in [6.07, 6.45) is 0. The van der Waals surface area contributed by atoms with Gasteiger partial charge in [0.15, 0.2) is 16.6 Å². The quantitative estimate of drug-likeness (QED) is 0.212. The van der Waals surface area contributed by atoms with Crippen molar-refractivity contribution in [1.82, 2.24) is 15.2 Å². The van der Waals surface area contributed by atoms with Crippen LogP contribution in [-0.2, 0) is 7.05 Å². The first kappa shape index (κ1) is 23.8. The zero-order valence-corrected chi connectivity index (χ0v) is 19.7. The van der Waals surface area contributed by atoms with Crippen LogP contribution in [-0.4, -0.2) is 36.8 Å². The maximum atomic E-state index is 11.0. The Labute approximate surface area is 203 Å². The lowest BCUT2D eigenvalue weighted by Gasteiger charge is -2.09. The number of carboxylic acids is 1. The summed E-state index contributed by atoms with van der Waals surface area (Å²) in [5.41, 5.74) is 4.81. The van der Waals surface area contributed by atoms with E-state index < -0.39 is 5.97 Å². The van der Waals surface area contributed by atoms with Gasteiger partial charge in [0.2, 0.25) is 0 Å². The summed E-state index contributed by atoms with van der Waals surface area (Å²) in [6, 6.07) is 9.31. The first-order valence-electron chi connectivity index (χ1n) is 8.94. The van der Waals surface area contributed by atoms with Crippen molar-refractivity contribution >= 4 is 69.5 Å². The van der Waals surface area contributed by atoms with E-state index in [1.54, 1.807) is 32.2 Å². The standard InChI is InChI=1S/C20H16Cl3N5O3S/c1-9(25-26-20(32)24-11-4-5-12(19(30)31)14(22)8-11)16-18(29)17(28(2)27-16)10-3-6-13(21)15(23)7-10/h3-8,29H,1-2H3,(H,30,31)(H2,24,26,32)/b25-9+. The molecule has 0 aliphatic carbocycles. The molecule has 0 unspecified atom stereocenters. The molecule has 12 heteroatoms. The predicted octanol–water partition coefficient (Wildman–Crippen LogP) is 5.16. The highest BCUT2D eigenvalue weighted by atomic mass is 35.5. The van der Waals surface area contributed by atoms with Crippen LogP contribution in [0.15, 0.2) is 41.5 Å². The van der Waals surface area contributed by atoms with Gasteiger partial charge in [-0.2, -0.15) is 10.2 Å². The number of nitrogens with zero attached hydrogens (tertiary/aromatic N) is 3. The fraction of sp³-hybridized carbons (Fsp3) is 0.100. The molecule has 0 bridgehead atoms. The van der Waals surface area contributed by atoms with Crippen LogP contribution >= 0.6 is 47.0 Å². The minimum Gasteiger partial charge on any atom is -0.504 e. The second kappa shape index (κ2) is 9.74. The number of carboxylic acid groups (broad SMARTS) is 1. The number of aromatic carboxylic acids is 1. The normalized spacial score (nSPS) is 11.3. The number of aromatic hydroxyl groups is 1. The summed E-state index contributed by atoms with van der Waals surface area (Å²) in [5.74, 6) is -1.21. The van der Waals surface area contributed by atoms with Gasteiger partial charge in [0.05, 0.1) is 26.3 Å². The van der Waals surface area contributed by atoms with Crippen molar-refractivity contribution in [2.75, 3.05) is 5.32 Å². The number of hydrogen-bond acceptors (Lipinski definition) is 5. The molecule has 1 aromatic heterocycles. The zero-order chi connectivity index (χ0) is 23.6. The van der Waals surface area contributed by atoms with Crippen LogP contribution < -0.4 is 10.7 Å². The molecule has 0 radical (unpaired) electrons. The van der Waals surface area contributed by atoms with Gasteiger partial charge in [-0.05, 0) is 49.5 Å². The van der Waals surface area contributed by atoms with E-state index in [1.807, 2.05) is 0 Å². The van der Waals surface area contributed by atoms with E-state index in [1.165, 1.54) is 22.9 Å². The molecule has 4 N–H and O–H groups in total. The molecule has 0 saturated carbocycles. The number of rotatable bonds is 5. The van der Waals surface area contributed by atoms with E-state index in [4.69, 9.17) is 52.1 Å². The number of aromatic nitrogens is 2. The molecule has 32 heavy (non-hydrogen) atoms. The minimum absolute atomic E-state index is 0.0200. The summed E-state index contributed by atoms with van der Waals surface area (Å²) in [7, 11) is 1.68. The molecule has 3 aromatic rings. The Balaban J connectivity index is 1.76. The Morgan fingerprint density at radius 1 is 1.12 bits per heavy atom. The van der Waals surface area contributed by atoms with Gasteiger partial charge in [0.25, 0.3) is 0 Å². The van der Waals surface area contributed by atoms with Crippen molar-refractivity contribution in [2.45, 2.75) is 6.92 Å². The van der Waals surface area contributed by atoms with Crippen molar-refractivity contribution in [2.24, 2.45) is 12.1 Å². The van der Waals surface area contributed by atoms with Crippen molar-refractivity contribution < 1.29 is 15.0 Å². The monoisotopic (exact) mass is 511 g/mol. The average Bonchev–Trinajstić information content (AvgIpc) is 3.02. The average molecular weight is 513 g/mol. The summed E-state index contributed by atoms with van der Waals surface area (Å²) in [4.78, 5) is 11.0. The van der Waals surface area contributed by atoms with Crippen molar-refractivity contribution in [3.8, 4) is 17.0 Å². The lowest BCUT2D eigenvalue weighted by molar-refractivity contribution is 0.0697. The highest BCUT2D eigenvalue weighted by Crippen LogP contribution is 2.35. The number of thiocarbonyl (C=S) groups is 1. The number of nitrogens with one attached hydrogen (secondary N) is 2. The molecule has 166 valence electrons. The summed E-state index contributed by atoms with van der Waals surface area (Å²) in [6.45, 7) is 1.65. The van der Waals surface area contributed by atoms with Crippen LogP contribution in [0.4, 0.5) is 5.69 Å². The fourth-order valence-electron chi connectivity index (χ4n) is 2.84. The maximum absolute atomic E-state index is 11.0. The van der Waals surface area contributed by atoms with E-state index in [-0.39, 0.29) is 27.1 Å². The second-order valence-electron chi connectivity index (χ2n) is 6.56. The van der Waals surface area contributed by atoms with E-state index >= 15 is 0 Å². The van der Waals surface area contributed by atoms with Crippen molar-refractivity contribution in [3.05, 3.63) is 62.7 Å². The van der Waals surface area contributed by atoms with Gasteiger partial charge in [-0.3, -0.25) is 10.1 Å². The molecule has 0 amide bonds. The van der Waals surface area contributed by atoms with Crippen LogP contribution in [0.1, 0.15) is 23.0 Å². The Morgan fingerprint density at radius 2 is 1.84 bits per heavy atom. The van der Waals surface area contributed by atoms with Crippen molar-refractivity contribution in [1.29, 1.82) is 0 Å². The van der Waals surface area contributed by atoms with Gasteiger partial charge in [-0.1, -0.05) is 40.9 Å². The Morgan fingerprint density at radius 3 is 2.47 bits per heavy atom. The predicted molar refractivity (Wildman–Crippen MR) is 130 cm³/mol. The lowest BCUT2D eigenvalue weighted by atomic mass is 10.1. The number of hydrogen-bond donors (Lipinski definition) is 4. The highest BCUT2D eigenvalue weighted by molar-refractivity contribution is 7.80. The minimum atomic E-state index is -1.13. The molecule has 0 saturated heterocycles. The molecular formula is C20H16Cl3N5O3S. The third-order valence-corrected chi connectivity index (χ3v) is 5.59. The molecule has 1 heterocycles. The first-order chi connectivity index (χ1) is 15.1. The molecule has 0 spiro atoms. The summed E-state index contributed by atoms with van der Waals surface area (Å²) < 4.78 is 1.51. The molecule has 8 nitrogen and oxygen atoms in total. The number of halogens is 3. The number of carbonyl (C=O) groups is 1. The van der Waals surface area contributed by atoms with Gasteiger partial charge < -0.3 is 15.5 Å². The summed E-state index contributed by atoms with van der Waals surface area (Å²) in [5, 5.41) is 32.0. The van der Waals surface area contributed by atoms with Gasteiger partial charge in [-0.15, -0.1) is 0 Å². The Hall–Kier alpha value is -2.85. The van der Waals surface area contributed by atoms with Crippen LogP contribution in [0.2, 0.25) is 15.1 Å². The third-order valence-electron chi connectivity index (χ3n) is 4.34. The molecule has 2 aromatic carbocycles. The molecule has 0 fully saturated rings. The topological polar surface area (TPSA) is 112 Å². The van der Waals surface area contributed by atoms with E-state index in [9.17, 15) is 9.90 Å². The molecule has 0 atom stereocenters. The first-order valence-corrected chi connectivity index (χ1v) is 10.5. The number of aryl methyl sites for hydroxylation is 1. The molecule has 0 aliphatic rings. The highest BCUT2D eigenvalue weighted by Gasteiger charge is 2.20. The van der Waals surface area contributed by atoms with Crippen LogP contribution in [0, 0.1) is 0 Å². The smallest absolute Gasteiger partial charge is 0.337 e. The molecule has 0 aliphatic heterocycles. The van der Waals surface area contributed by atoms with Crippen molar-refractivity contribution in [3.63, 3.8) is 0 Å². The Bertz CT molecular complexity index is 1260. The zero-order valence-electron chi connectivity index (χ0n) is 16.7. The van der Waals surface area contributed by atoms with E-state index in [0.29, 0.717) is 32.7 Å². The SMILES string of the molecule is C/C(=N\NC(=S)Nc1ccc(C(=O)O)c(Cl)c1)c1nn(C)c(-c2ccc(Cl)c(Cl)c2)c1O. The molecular weight excluding hydrogens is 497 g/mol. The number of hydrazone groups is 1. The van der Waals surface area contributed by atoms with E-state index in [0.717, 1.165) is 0 Å². The number of benzene rings is 2. The van der Waals surface area contributed by atoms with Gasteiger partial charge >= 0.3 is 5.97 Å². The third kappa shape index (κ3) is 5.13. The van der Waals surface area contributed by atoms with Gasteiger partial charge in [0, 0.05) is 18.3 Å². The van der Waals surface area contributed by atoms with Crippen LogP contribution in [0.3, 0.4) is 0 Å². The van der Waals surface area contributed by atoms with Gasteiger partial charge in [-0.25, -0.2) is 4.79 Å². The van der Waals surface area contributed by atoms with Gasteiger partial charge in [0.1, 0.15) is 5.69 Å². The van der Waals surface area contributed by atoms with E-state index in [2.05, 4.69) is 20.9 Å². The van der Waals surface area contributed by atoms with Crippen LogP contribution in [0.5, 0.6) is 5.75 Å². The largest absolute Gasteiger partial charge is 0.504 e. The summed E-state index contributed by atoms with van der Waals surface area (Å²) >= 11 is 23.2. The fourth-order valence-corrected chi connectivity index (χ4v) is 3.56.